The molecule has 4 N–H and O–H groups in total. The molecule has 0 fully saturated rings. The molecule has 8 nitrogen and oxygen atoms in total. The van der Waals surface area contributed by atoms with Crippen molar-refractivity contribution < 1.29 is 18.0 Å². The molecule has 0 radical (unpaired) electrons. The fourth-order valence-corrected chi connectivity index (χ4v) is 3.86. The number of aromatic nitrogens is 2. The van der Waals surface area contributed by atoms with Gasteiger partial charge in [0, 0.05) is 19.0 Å². The van der Waals surface area contributed by atoms with E-state index in [9.17, 15) is 18.0 Å². The topological polar surface area (TPSA) is 86.2 Å². The number of aryl methyl sites for hydroxylation is 2. The molecule has 1 aliphatic heterocycles. The Morgan fingerprint density at radius 1 is 1.24 bits per heavy atom. The van der Waals surface area contributed by atoms with E-state index < -0.39 is 24.2 Å². The molecule has 0 unspecified atom stereocenters. The summed E-state index contributed by atoms with van der Waals surface area (Å²) in [6.45, 7) is 5.35. The quantitative estimate of drug-likeness (QED) is 0.277. The molecular formula is C22H30F3N7OS. The number of amides is 1. The molecule has 0 bridgehead atoms. The van der Waals surface area contributed by atoms with Gasteiger partial charge in [0.25, 0.3) is 5.91 Å². The summed E-state index contributed by atoms with van der Waals surface area (Å²) >= 11 is 5.11. The van der Waals surface area contributed by atoms with E-state index in [1.54, 1.807) is 0 Å². The lowest BCUT2D eigenvalue weighted by molar-refractivity contribution is -0.173. The van der Waals surface area contributed by atoms with Crippen molar-refractivity contribution in [2.45, 2.75) is 44.9 Å². The number of fused-ring (bicyclic) bond motifs is 1. The Hall–Kier alpha value is -2.86. The molecule has 1 aromatic heterocycles. The molecule has 1 aromatic carbocycles. The highest BCUT2D eigenvalue weighted by molar-refractivity contribution is 7.80. The molecule has 12 heteroatoms. The molecule has 1 aliphatic rings. The molecule has 0 saturated carbocycles. The molecule has 34 heavy (non-hydrogen) atoms. The Morgan fingerprint density at radius 3 is 2.62 bits per heavy atom. The van der Waals surface area contributed by atoms with E-state index >= 15 is 0 Å². The predicted molar refractivity (Wildman–Crippen MR) is 129 cm³/mol. The lowest BCUT2D eigenvalue weighted by Crippen LogP contribution is -2.47. The molecular weight excluding hydrogens is 467 g/mol. The standard InChI is InChI=1S/C22H30F3N7OS/c1-13-6-7-15(10-14(13)2)16-11-18(22(23,24)25)32-19(27-16)12-17(30-32)20(33)28-29-21(34)26-8-5-9-31(3)4/h6-7,10,12,16,18,27H,5,8-9,11H2,1-4H3,(H,28,33)(H2,26,29,34)/t16-,18+/m1/s1. The van der Waals surface area contributed by atoms with Crippen LogP contribution < -0.4 is 21.5 Å². The van der Waals surface area contributed by atoms with Gasteiger partial charge in [-0.15, -0.1) is 0 Å². The van der Waals surface area contributed by atoms with Crippen LogP contribution in [0, 0.1) is 13.8 Å². The first-order valence-electron chi connectivity index (χ1n) is 10.9. The minimum absolute atomic E-state index is 0.131. The van der Waals surface area contributed by atoms with Gasteiger partial charge in [-0.2, -0.15) is 18.3 Å². The van der Waals surface area contributed by atoms with Crippen LogP contribution in [0.4, 0.5) is 19.0 Å². The fraction of sp³-hybridized carbons (Fsp3) is 0.500. The van der Waals surface area contributed by atoms with E-state index in [1.165, 1.54) is 6.07 Å². The summed E-state index contributed by atoms with van der Waals surface area (Å²) in [5, 5.41) is 10.2. The van der Waals surface area contributed by atoms with Gasteiger partial charge in [-0.25, -0.2) is 4.68 Å². The van der Waals surface area contributed by atoms with Crippen molar-refractivity contribution in [3.05, 3.63) is 46.6 Å². The minimum Gasteiger partial charge on any atom is -0.363 e. The number of hydrogen-bond acceptors (Lipinski definition) is 5. The van der Waals surface area contributed by atoms with Crippen molar-refractivity contribution in [1.29, 1.82) is 0 Å². The summed E-state index contributed by atoms with van der Waals surface area (Å²) in [4.78, 5) is 14.6. The van der Waals surface area contributed by atoms with E-state index in [1.807, 2.05) is 51.0 Å². The Labute approximate surface area is 202 Å². The van der Waals surface area contributed by atoms with Crippen LogP contribution in [0.15, 0.2) is 24.3 Å². The van der Waals surface area contributed by atoms with Gasteiger partial charge in [-0.1, -0.05) is 18.2 Å². The number of hydrazine groups is 1. The average Bonchev–Trinajstić information content (AvgIpc) is 3.19. The van der Waals surface area contributed by atoms with Gasteiger partial charge in [0.05, 0.1) is 6.04 Å². The second-order valence-electron chi connectivity index (χ2n) is 8.68. The van der Waals surface area contributed by atoms with Crippen LogP contribution in [0.5, 0.6) is 0 Å². The molecule has 186 valence electrons. The van der Waals surface area contributed by atoms with E-state index in [-0.39, 0.29) is 23.0 Å². The van der Waals surface area contributed by atoms with Crippen LogP contribution in [0.25, 0.3) is 0 Å². The number of benzene rings is 1. The van der Waals surface area contributed by atoms with Crippen molar-refractivity contribution in [3.8, 4) is 0 Å². The van der Waals surface area contributed by atoms with Gasteiger partial charge in [-0.05, 0) is 69.8 Å². The summed E-state index contributed by atoms with van der Waals surface area (Å²) < 4.78 is 42.5. The monoisotopic (exact) mass is 497 g/mol. The van der Waals surface area contributed by atoms with Crippen LogP contribution in [-0.4, -0.2) is 59.1 Å². The van der Waals surface area contributed by atoms with Crippen LogP contribution in [-0.2, 0) is 0 Å². The maximum Gasteiger partial charge on any atom is 0.410 e. The van der Waals surface area contributed by atoms with Crippen molar-refractivity contribution in [3.63, 3.8) is 0 Å². The molecule has 2 aromatic rings. The molecule has 0 aliphatic carbocycles. The van der Waals surface area contributed by atoms with Crippen LogP contribution in [0.2, 0.25) is 0 Å². The highest BCUT2D eigenvalue weighted by atomic mass is 32.1. The zero-order valence-electron chi connectivity index (χ0n) is 19.6. The van der Waals surface area contributed by atoms with E-state index in [0.29, 0.717) is 6.54 Å². The number of nitrogens with zero attached hydrogens (tertiary/aromatic N) is 3. The summed E-state index contributed by atoms with van der Waals surface area (Å²) in [5.74, 6) is -0.559. The minimum atomic E-state index is -4.52. The second kappa shape index (κ2) is 10.6. The third-order valence-corrected chi connectivity index (χ3v) is 5.96. The maximum absolute atomic E-state index is 13.9. The molecule has 3 rings (SSSR count). The molecule has 2 heterocycles. The van der Waals surface area contributed by atoms with Crippen LogP contribution >= 0.6 is 12.2 Å². The van der Waals surface area contributed by atoms with Crippen LogP contribution in [0.1, 0.15) is 52.1 Å². The lowest BCUT2D eigenvalue weighted by atomic mass is 9.94. The van der Waals surface area contributed by atoms with E-state index in [4.69, 9.17) is 12.2 Å². The normalized spacial score (nSPS) is 17.6. The maximum atomic E-state index is 13.9. The fourth-order valence-electron chi connectivity index (χ4n) is 3.70. The molecule has 0 spiro atoms. The first-order chi connectivity index (χ1) is 16.0. The smallest absolute Gasteiger partial charge is 0.363 e. The zero-order chi connectivity index (χ0) is 25.0. The van der Waals surface area contributed by atoms with Gasteiger partial charge >= 0.3 is 6.18 Å². The van der Waals surface area contributed by atoms with E-state index in [2.05, 4.69) is 26.6 Å². The van der Waals surface area contributed by atoms with Gasteiger partial charge in [0.2, 0.25) is 0 Å². The molecule has 2 atom stereocenters. The third kappa shape index (κ3) is 6.38. The van der Waals surface area contributed by atoms with Gasteiger partial charge < -0.3 is 15.5 Å². The number of anilines is 1. The van der Waals surface area contributed by atoms with Crippen molar-refractivity contribution in [1.82, 2.24) is 30.8 Å². The Balaban J connectivity index is 1.70. The van der Waals surface area contributed by atoms with Gasteiger partial charge in [0.1, 0.15) is 5.82 Å². The summed E-state index contributed by atoms with van der Waals surface area (Å²) in [7, 11) is 3.92. The van der Waals surface area contributed by atoms with Crippen molar-refractivity contribution >= 4 is 29.1 Å². The number of carbonyl (C=O) groups is 1. The Kier molecular flexibility index (Phi) is 8.03. The molecule has 1 amide bonds. The number of rotatable bonds is 6. The summed E-state index contributed by atoms with van der Waals surface area (Å²) in [6, 6.07) is 4.49. The number of carbonyl (C=O) groups excluding carboxylic acids is 1. The highest BCUT2D eigenvalue weighted by Crippen LogP contribution is 2.43. The average molecular weight is 498 g/mol. The number of halogens is 3. The summed E-state index contributed by atoms with van der Waals surface area (Å²) in [5.41, 5.74) is 7.60. The largest absolute Gasteiger partial charge is 0.410 e. The second-order valence-corrected chi connectivity index (χ2v) is 9.09. The SMILES string of the molecule is Cc1ccc([C@H]2C[C@@H](C(F)(F)F)n3nc(C(=O)NNC(=S)NCCCN(C)C)cc3N2)cc1C. The summed E-state index contributed by atoms with van der Waals surface area (Å²) in [6.07, 6.45) is -3.91. The first-order valence-corrected chi connectivity index (χ1v) is 11.4. The Morgan fingerprint density at radius 2 is 1.97 bits per heavy atom. The molecule has 0 saturated heterocycles. The third-order valence-electron chi connectivity index (χ3n) is 5.71. The number of alkyl halides is 3. The van der Waals surface area contributed by atoms with E-state index in [0.717, 1.165) is 34.3 Å². The van der Waals surface area contributed by atoms with Gasteiger partial charge in [-0.3, -0.25) is 15.6 Å². The van der Waals surface area contributed by atoms with Crippen LogP contribution in [0.3, 0.4) is 0 Å². The predicted octanol–water partition coefficient (Wildman–Crippen LogP) is 3.22. The Bertz CT molecular complexity index is 1040. The highest BCUT2D eigenvalue weighted by Gasteiger charge is 2.46. The van der Waals surface area contributed by atoms with Crippen molar-refractivity contribution in [2.24, 2.45) is 0 Å². The zero-order valence-corrected chi connectivity index (χ0v) is 20.4. The van der Waals surface area contributed by atoms with Crippen molar-refractivity contribution in [2.75, 3.05) is 32.5 Å². The number of thiocarbonyl (C=S) groups is 1. The number of nitrogens with one attached hydrogen (secondary N) is 4. The number of hydrogen-bond donors (Lipinski definition) is 4. The lowest BCUT2D eigenvalue weighted by Gasteiger charge is -2.33. The first kappa shape index (κ1) is 25.8. The van der Waals surface area contributed by atoms with Gasteiger partial charge in [0.15, 0.2) is 16.8 Å².